The molecule has 0 bridgehead atoms. The van der Waals surface area contributed by atoms with Crippen LogP contribution in [0.1, 0.15) is 33.3 Å². The summed E-state index contributed by atoms with van der Waals surface area (Å²) in [5.41, 5.74) is 8.54. The second-order valence-electron chi connectivity index (χ2n) is 9.66. The second kappa shape index (κ2) is 13.2. The monoisotopic (exact) mass is 586 g/mol. The van der Waals surface area contributed by atoms with Crippen LogP contribution >= 0.6 is 0 Å². The molecule has 0 aliphatic rings. The molecule has 1 heterocycles. The van der Waals surface area contributed by atoms with Gasteiger partial charge in [0, 0.05) is 40.6 Å². The molecule has 0 saturated heterocycles. The van der Waals surface area contributed by atoms with Crippen molar-refractivity contribution in [2.24, 2.45) is 5.73 Å². The fourth-order valence-corrected chi connectivity index (χ4v) is 4.37. The van der Waals surface area contributed by atoms with E-state index in [1.807, 2.05) is 6.07 Å². The molecular weight excluding hydrogens is 560 g/mol. The van der Waals surface area contributed by atoms with Gasteiger partial charge in [-0.1, -0.05) is 60.7 Å². The van der Waals surface area contributed by atoms with E-state index in [2.05, 4.69) is 10.6 Å². The molecule has 4 aromatic carbocycles. The van der Waals surface area contributed by atoms with E-state index in [4.69, 9.17) is 10.2 Å². The van der Waals surface area contributed by atoms with Crippen molar-refractivity contribution in [2.45, 2.75) is 6.04 Å². The SMILES string of the molecule is N[C@H](C(=O)Nc1ccc(NC(=O)/C=C/c2ccc(-c3ccc([N+](=O)[O-])cc3)o2)cc1C(=O)c1ccccc1)c1ccccc1. The summed E-state index contributed by atoms with van der Waals surface area (Å²) >= 11 is 0. The van der Waals surface area contributed by atoms with E-state index in [0.717, 1.165) is 0 Å². The van der Waals surface area contributed by atoms with Crippen molar-refractivity contribution in [1.29, 1.82) is 0 Å². The minimum Gasteiger partial charge on any atom is -0.457 e. The Morgan fingerprint density at radius 2 is 1.50 bits per heavy atom. The van der Waals surface area contributed by atoms with Crippen molar-refractivity contribution in [1.82, 2.24) is 0 Å². The lowest BCUT2D eigenvalue weighted by Gasteiger charge is -2.16. The number of non-ortho nitro benzene ring substituents is 1. The lowest BCUT2D eigenvalue weighted by molar-refractivity contribution is -0.384. The van der Waals surface area contributed by atoms with Gasteiger partial charge in [0.2, 0.25) is 11.8 Å². The summed E-state index contributed by atoms with van der Waals surface area (Å²) in [4.78, 5) is 49.6. The van der Waals surface area contributed by atoms with Crippen LogP contribution in [0.15, 0.2) is 126 Å². The van der Waals surface area contributed by atoms with Crippen molar-refractivity contribution < 1.29 is 23.7 Å². The molecule has 0 spiro atoms. The highest BCUT2D eigenvalue weighted by atomic mass is 16.6. The van der Waals surface area contributed by atoms with Crippen LogP contribution in [-0.4, -0.2) is 22.5 Å². The molecule has 0 fully saturated rings. The lowest BCUT2D eigenvalue weighted by atomic mass is 10.00. The van der Waals surface area contributed by atoms with Crippen LogP contribution in [-0.2, 0) is 9.59 Å². The van der Waals surface area contributed by atoms with Gasteiger partial charge < -0.3 is 20.8 Å². The number of hydrogen-bond acceptors (Lipinski definition) is 7. The first-order valence-corrected chi connectivity index (χ1v) is 13.5. The third-order valence-corrected chi connectivity index (χ3v) is 6.66. The Balaban J connectivity index is 1.32. The molecule has 5 rings (SSSR count). The van der Waals surface area contributed by atoms with E-state index in [1.165, 1.54) is 36.4 Å². The summed E-state index contributed by atoms with van der Waals surface area (Å²) in [6, 6.07) is 30.3. The first-order chi connectivity index (χ1) is 21.3. The van der Waals surface area contributed by atoms with Crippen LogP contribution in [0.25, 0.3) is 17.4 Å². The first-order valence-electron chi connectivity index (χ1n) is 13.5. The number of rotatable bonds is 10. The summed E-state index contributed by atoms with van der Waals surface area (Å²) in [5, 5.41) is 16.4. The van der Waals surface area contributed by atoms with Crippen LogP contribution in [0, 0.1) is 10.1 Å². The molecule has 0 unspecified atom stereocenters. The van der Waals surface area contributed by atoms with E-state index < -0.39 is 22.8 Å². The highest BCUT2D eigenvalue weighted by molar-refractivity contribution is 6.15. The normalized spacial score (nSPS) is 11.6. The molecule has 0 aliphatic heterocycles. The largest absolute Gasteiger partial charge is 0.457 e. The topological polar surface area (TPSA) is 158 Å². The van der Waals surface area contributed by atoms with E-state index >= 15 is 0 Å². The number of carbonyl (C=O) groups is 3. The summed E-state index contributed by atoms with van der Waals surface area (Å²) in [6.45, 7) is 0. The molecule has 44 heavy (non-hydrogen) atoms. The number of hydrogen-bond donors (Lipinski definition) is 3. The zero-order valence-electron chi connectivity index (χ0n) is 23.2. The molecule has 0 saturated carbocycles. The maximum Gasteiger partial charge on any atom is 0.269 e. The van der Waals surface area contributed by atoms with Crippen molar-refractivity contribution in [3.63, 3.8) is 0 Å². The first kappa shape index (κ1) is 29.4. The highest BCUT2D eigenvalue weighted by Crippen LogP contribution is 2.27. The van der Waals surface area contributed by atoms with Gasteiger partial charge >= 0.3 is 0 Å². The average Bonchev–Trinajstić information content (AvgIpc) is 3.54. The van der Waals surface area contributed by atoms with Gasteiger partial charge in [-0.15, -0.1) is 0 Å². The molecule has 0 aliphatic carbocycles. The number of nitrogens with zero attached hydrogens (tertiary/aromatic N) is 1. The number of nitro benzene ring substituents is 1. The number of anilines is 2. The molecule has 10 nitrogen and oxygen atoms in total. The van der Waals surface area contributed by atoms with Crippen molar-refractivity contribution in [3.8, 4) is 11.3 Å². The third-order valence-electron chi connectivity index (χ3n) is 6.66. The Kier molecular flexibility index (Phi) is 8.83. The Hall–Kier alpha value is -6.13. The molecule has 2 amide bonds. The number of benzene rings is 4. The molecular formula is C34H26N4O6. The van der Waals surface area contributed by atoms with Crippen molar-refractivity contribution in [3.05, 3.63) is 154 Å². The summed E-state index contributed by atoms with van der Waals surface area (Å²) in [6.07, 6.45) is 2.74. The molecule has 1 atom stereocenters. The van der Waals surface area contributed by atoms with E-state index in [1.54, 1.807) is 84.9 Å². The number of ketones is 1. The summed E-state index contributed by atoms with van der Waals surface area (Å²) < 4.78 is 5.74. The minimum atomic E-state index is -0.956. The summed E-state index contributed by atoms with van der Waals surface area (Å²) in [7, 11) is 0. The number of nitrogens with one attached hydrogen (secondary N) is 2. The van der Waals surface area contributed by atoms with Gasteiger partial charge in [0.1, 0.15) is 17.6 Å². The Morgan fingerprint density at radius 3 is 2.18 bits per heavy atom. The standard InChI is InChI=1S/C34H26N4O6/c35-32(23-7-3-1-4-8-23)34(41)37-29-18-13-25(21-28(29)33(40)24-9-5-2-6-10-24)36-31(39)20-17-27-16-19-30(44-27)22-11-14-26(15-12-22)38(42)43/h1-21,32H,35H2,(H,36,39)(H,37,41)/b20-17+/t32-/m0/s1. The van der Waals surface area contributed by atoms with Gasteiger partial charge in [-0.2, -0.15) is 0 Å². The minimum absolute atomic E-state index is 0.0307. The fraction of sp³-hybridized carbons (Fsp3) is 0.0294. The third kappa shape index (κ3) is 7.01. The second-order valence-corrected chi connectivity index (χ2v) is 9.66. The number of furan rings is 1. The van der Waals surface area contributed by atoms with Crippen LogP contribution < -0.4 is 16.4 Å². The van der Waals surface area contributed by atoms with Gasteiger partial charge in [0.25, 0.3) is 5.69 Å². The molecule has 218 valence electrons. The van der Waals surface area contributed by atoms with Crippen molar-refractivity contribution in [2.75, 3.05) is 10.6 Å². The Morgan fingerprint density at radius 1 is 0.818 bits per heavy atom. The number of nitro groups is 1. The van der Waals surface area contributed by atoms with E-state index in [-0.39, 0.29) is 22.7 Å². The Bertz CT molecular complexity index is 1850. The smallest absolute Gasteiger partial charge is 0.269 e. The van der Waals surface area contributed by atoms with Gasteiger partial charge in [0.05, 0.1) is 10.6 Å². The van der Waals surface area contributed by atoms with Crippen molar-refractivity contribution >= 4 is 40.7 Å². The van der Waals surface area contributed by atoms with E-state index in [9.17, 15) is 24.5 Å². The lowest BCUT2D eigenvalue weighted by Crippen LogP contribution is -2.28. The summed E-state index contributed by atoms with van der Waals surface area (Å²) in [5.74, 6) is -0.464. The Labute approximate surface area is 252 Å². The van der Waals surface area contributed by atoms with Gasteiger partial charge in [-0.25, -0.2) is 0 Å². The van der Waals surface area contributed by atoms with Gasteiger partial charge in [-0.3, -0.25) is 24.5 Å². The zero-order chi connectivity index (χ0) is 31.1. The van der Waals surface area contributed by atoms with E-state index in [0.29, 0.717) is 33.9 Å². The van der Waals surface area contributed by atoms with Crippen LogP contribution in [0.2, 0.25) is 0 Å². The van der Waals surface area contributed by atoms with Gasteiger partial charge in [0.15, 0.2) is 5.78 Å². The highest BCUT2D eigenvalue weighted by Gasteiger charge is 2.20. The maximum absolute atomic E-state index is 13.5. The number of nitrogens with two attached hydrogens (primary N) is 1. The van der Waals surface area contributed by atoms with Crippen LogP contribution in [0.4, 0.5) is 17.1 Å². The number of amides is 2. The average molecular weight is 587 g/mol. The molecule has 5 aromatic rings. The maximum atomic E-state index is 13.5. The zero-order valence-corrected chi connectivity index (χ0v) is 23.2. The van der Waals surface area contributed by atoms with Gasteiger partial charge in [-0.05, 0) is 54.1 Å². The van der Waals surface area contributed by atoms with Crippen LogP contribution in [0.5, 0.6) is 0 Å². The number of carbonyl (C=O) groups excluding carboxylic acids is 3. The van der Waals surface area contributed by atoms with Crippen LogP contribution in [0.3, 0.4) is 0 Å². The predicted octanol–water partition coefficient (Wildman–Crippen LogP) is 6.38. The molecule has 4 N–H and O–H groups in total. The molecule has 1 aromatic heterocycles. The molecule has 0 radical (unpaired) electrons. The fourth-order valence-electron chi connectivity index (χ4n) is 4.37. The quantitative estimate of drug-likeness (QED) is 0.0742. The predicted molar refractivity (Wildman–Crippen MR) is 167 cm³/mol. The molecule has 10 heteroatoms.